The van der Waals surface area contributed by atoms with Gasteiger partial charge in [0, 0.05) is 12.7 Å². The van der Waals surface area contributed by atoms with E-state index in [1.165, 1.54) is 57.8 Å². The fourth-order valence-corrected chi connectivity index (χ4v) is 4.92. The number of halogens is 2. The summed E-state index contributed by atoms with van der Waals surface area (Å²) in [6, 6.07) is 3.05. The molecule has 25 heavy (non-hydrogen) atoms. The summed E-state index contributed by atoms with van der Waals surface area (Å²) in [4.78, 5) is 0. The Morgan fingerprint density at radius 3 is 1.96 bits per heavy atom. The number of allylic oxidation sites excluding steroid dienone is 1. The Bertz CT molecular complexity index is 559. The fraction of sp³-hybridized carbons (Fsp3) is 0.636. The van der Waals surface area contributed by atoms with Gasteiger partial charge in [-0.05, 0) is 92.7 Å². The van der Waals surface area contributed by atoms with Crippen LogP contribution in [-0.2, 0) is 11.3 Å². The van der Waals surface area contributed by atoms with Gasteiger partial charge in [0.25, 0.3) is 0 Å². The Morgan fingerprint density at radius 2 is 1.48 bits per heavy atom. The van der Waals surface area contributed by atoms with Crippen LogP contribution in [0.4, 0.5) is 8.78 Å². The van der Waals surface area contributed by atoms with Crippen LogP contribution in [0.25, 0.3) is 0 Å². The van der Waals surface area contributed by atoms with Crippen molar-refractivity contribution in [2.75, 3.05) is 7.11 Å². The van der Waals surface area contributed by atoms with Crippen molar-refractivity contribution < 1.29 is 13.5 Å². The smallest absolute Gasteiger partial charge is 0.131 e. The van der Waals surface area contributed by atoms with Crippen LogP contribution in [0.5, 0.6) is 0 Å². The molecule has 2 fully saturated rings. The van der Waals surface area contributed by atoms with Crippen molar-refractivity contribution in [1.29, 1.82) is 0 Å². The number of rotatable bonds is 5. The van der Waals surface area contributed by atoms with Crippen molar-refractivity contribution in [2.45, 2.75) is 63.9 Å². The van der Waals surface area contributed by atoms with Gasteiger partial charge in [0.05, 0.1) is 6.61 Å². The summed E-state index contributed by atoms with van der Waals surface area (Å²) in [5.41, 5.74) is 0.864. The van der Waals surface area contributed by atoms with Crippen LogP contribution in [-0.4, -0.2) is 7.11 Å². The van der Waals surface area contributed by atoms with E-state index in [9.17, 15) is 8.78 Å². The van der Waals surface area contributed by atoms with E-state index in [4.69, 9.17) is 4.74 Å². The highest BCUT2D eigenvalue weighted by Crippen LogP contribution is 2.44. The van der Waals surface area contributed by atoms with Crippen molar-refractivity contribution in [3.05, 3.63) is 47.5 Å². The summed E-state index contributed by atoms with van der Waals surface area (Å²) < 4.78 is 33.2. The molecule has 0 radical (unpaired) electrons. The zero-order chi connectivity index (χ0) is 17.8. The molecule has 0 atom stereocenters. The third-order valence-corrected chi connectivity index (χ3v) is 6.51. The minimum absolute atomic E-state index is 0.0158. The fourth-order valence-electron chi connectivity index (χ4n) is 4.92. The first-order chi connectivity index (χ1) is 12.1. The lowest BCUT2D eigenvalue weighted by molar-refractivity contribution is 0.171. The van der Waals surface area contributed by atoms with E-state index in [-0.39, 0.29) is 12.2 Å². The first kappa shape index (κ1) is 18.6. The summed E-state index contributed by atoms with van der Waals surface area (Å²) >= 11 is 0. The molecule has 0 unspecified atom stereocenters. The Hall–Kier alpha value is -1.22. The average Bonchev–Trinajstić information content (AvgIpc) is 2.65. The molecule has 1 aromatic carbocycles. The number of hydrogen-bond donors (Lipinski definition) is 0. The highest BCUT2D eigenvalue weighted by molar-refractivity contribution is 5.28. The third kappa shape index (κ3) is 4.31. The lowest BCUT2D eigenvalue weighted by Gasteiger charge is -2.37. The van der Waals surface area contributed by atoms with Gasteiger partial charge in [-0.1, -0.05) is 6.08 Å². The van der Waals surface area contributed by atoms with Crippen molar-refractivity contribution >= 4 is 0 Å². The second-order valence-electron chi connectivity index (χ2n) is 7.92. The van der Waals surface area contributed by atoms with Crippen LogP contribution in [0.2, 0.25) is 0 Å². The van der Waals surface area contributed by atoms with Crippen molar-refractivity contribution in [2.24, 2.45) is 17.8 Å². The molecule has 0 aliphatic heterocycles. The molecule has 2 aliphatic carbocycles. The molecule has 138 valence electrons. The van der Waals surface area contributed by atoms with E-state index < -0.39 is 11.6 Å². The zero-order valence-electron chi connectivity index (χ0n) is 15.3. The monoisotopic (exact) mass is 348 g/mol. The normalized spacial score (nSPS) is 30.2. The maximum absolute atomic E-state index is 14.2. The SMILES string of the molecule is C=C[C@H]1CC[C@H](C2CCC(c3cc(F)c(COC)c(F)c3)CC2)CC1. The highest BCUT2D eigenvalue weighted by atomic mass is 19.1. The Morgan fingerprint density at radius 1 is 0.960 bits per heavy atom. The molecule has 0 spiro atoms. The van der Waals surface area contributed by atoms with E-state index in [0.29, 0.717) is 11.8 Å². The summed E-state index contributed by atoms with van der Waals surface area (Å²) in [6.45, 7) is 3.91. The van der Waals surface area contributed by atoms with Crippen LogP contribution in [0.1, 0.15) is 68.4 Å². The van der Waals surface area contributed by atoms with Crippen LogP contribution >= 0.6 is 0 Å². The minimum atomic E-state index is -0.471. The maximum atomic E-state index is 14.2. The number of ether oxygens (including phenoxy) is 1. The standard InChI is InChI=1S/C22H30F2O/c1-3-15-4-6-16(7-5-15)17-8-10-18(11-9-17)19-12-21(23)20(14-25-2)22(24)13-19/h3,12-13,15-18H,1,4-11,14H2,2H3/t15-,16-,17?,18?. The summed E-state index contributed by atoms with van der Waals surface area (Å²) in [5.74, 6) is 1.70. The maximum Gasteiger partial charge on any atom is 0.131 e. The van der Waals surface area contributed by atoms with Crippen molar-refractivity contribution in [3.8, 4) is 0 Å². The predicted molar refractivity (Wildman–Crippen MR) is 97.4 cm³/mol. The molecule has 3 heteroatoms. The first-order valence-corrected chi connectivity index (χ1v) is 9.71. The quantitative estimate of drug-likeness (QED) is 0.561. The average molecular weight is 348 g/mol. The minimum Gasteiger partial charge on any atom is -0.380 e. The topological polar surface area (TPSA) is 9.23 Å². The van der Waals surface area contributed by atoms with Gasteiger partial charge >= 0.3 is 0 Å². The van der Waals surface area contributed by atoms with E-state index >= 15 is 0 Å². The van der Waals surface area contributed by atoms with Crippen molar-refractivity contribution in [3.63, 3.8) is 0 Å². The molecular formula is C22H30F2O. The van der Waals surface area contributed by atoms with E-state index in [0.717, 1.165) is 30.2 Å². The molecular weight excluding hydrogens is 318 g/mol. The van der Waals surface area contributed by atoms with Gasteiger partial charge in [-0.3, -0.25) is 0 Å². The summed E-state index contributed by atoms with van der Waals surface area (Å²) in [6.07, 6.45) is 11.8. The summed E-state index contributed by atoms with van der Waals surface area (Å²) in [5, 5.41) is 0. The number of benzene rings is 1. The Balaban J connectivity index is 1.58. The Kier molecular flexibility index (Phi) is 6.27. The van der Waals surface area contributed by atoms with E-state index in [2.05, 4.69) is 12.7 Å². The number of methoxy groups -OCH3 is 1. The van der Waals surface area contributed by atoms with Gasteiger partial charge in [0.15, 0.2) is 0 Å². The first-order valence-electron chi connectivity index (χ1n) is 9.71. The molecule has 0 N–H and O–H groups in total. The molecule has 0 aromatic heterocycles. The highest BCUT2D eigenvalue weighted by Gasteiger charge is 2.31. The molecule has 3 rings (SSSR count). The third-order valence-electron chi connectivity index (χ3n) is 6.51. The molecule has 1 aromatic rings. The zero-order valence-corrected chi connectivity index (χ0v) is 15.3. The van der Waals surface area contributed by atoms with Gasteiger partial charge in [-0.15, -0.1) is 6.58 Å². The van der Waals surface area contributed by atoms with E-state index in [1.807, 2.05) is 0 Å². The van der Waals surface area contributed by atoms with Crippen LogP contribution in [0.3, 0.4) is 0 Å². The van der Waals surface area contributed by atoms with Gasteiger partial charge in [-0.2, -0.15) is 0 Å². The second-order valence-corrected chi connectivity index (χ2v) is 7.92. The van der Waals surface area contributed by atoms with Crippen molar-refractivity contribution in [1.82, 2.24) is 0 Å². The second kappa shape index (κ2) is 8.44. The molecule has 0 amide bonds. The molecule has 2 saturated carbocycles. The van der Waals surface area contributed by atoms with Crippen LogP contribution in [0.15, 0.2) is 24.8 Å². The Labute approximate surface area is 150 Å². The van der Waals surface area contributed by atoms with E-state index in [1.54, 1.807) is 0 Å². The lowest BCUT2D eigenvalue weighted by Crippen LogP contribution is -2.25. The predicted octanol–water partition coefficient (Wildman–Crippen LogP) is 6.38. The number of hydrogen-bond acceptors (Lipinski definition) is 1. The largest absolute Gasteiger partial charge is 0.380 e. The summed E-state index contributed by atoms with van der Waals surface area (Å²) in [7, 11) is 1.45. The molecule has 0 saturated heterocycles. The molecule has 0 heterocycles. The van der Waals surface area contributed by atoms with Gasteiger partial charge < -0.3 is 4.74 Å². The van der Waals surface area contributed by atoms with Crippen LogP contribution < -0.4 is 0 Å². The lowest BCUT2D eigenvalue weighted by atomic mass is 9.68. The molecule has 0 bridgehead atoms. The molecule has 1 nitrogen and oxygen atoms in total. The molecule has 2 aliphatic rings. The van der Waals surface area contributed by atoms with Gasteiger partial charge in [0.1, 0.15) is 11.6 Å². The van der Waals surface area contributed by atoms with Gasteiger partial charge in [0.2, 0.25) is 0 Å². The van der Waals surface area contributed by atoms with Crippen LogP contribution in [0, 0.1) is 29.4 Å². The van der Waals surface area contributed by atoms with Gasteiger partial charge in [-0.25, -0.2) is 8.78 Å².